The van der Waals surface area contributed by atoms with Gasteiger partial charge in [-0.15, -0.1) is 0 Å². The number of hydrogen-bond acceptors (Lipinski definition) is 3. The first-order chi connectivity index (χ1) is 10.3. The third kappa shape index (κ3) is 3.16. The second kappa shape index (κ2) is 6.97. The lowest BCUT2D eigenvalue weighted by molar-refractivity contribution is -0.108. The summed E-state index contributed by atoms with van der Waals surface area (Å²) in [6.07, 6.45) is 13.7. The Morgan fingerprint density at radius 3 is 2.81 bits per heavy atom. The Morgan fingerprint density at radius 1 is 1.19 bits per heavy atom. The smallest absolute Gasteiger partial charge is 0.0593 e. The zero-order valence-corrected chi connectivity index (χ0v) is 13.9. The molecule has 3 rings (SSSR count). The number of piperidine rings is 1. The molecule has 0 spiro atoms. The average Bonchev–Trinajstić information content (AvgIpc) is 2.55. The first kappa shape index (κ1) is 15.8. The van der Waals surface area contributed by atoms with E-state index in [4.69, 9.17) is 10.5 Å². The van der Waals surface area contributed by atoms with E-state index in [2.05, 4.69) is 11.8 Å². The zero-order chi connectivity index (χ0) is 14.7. The Labute approximate surface area is 130 Å². The van der Waals surface area contributed by atoms with Gasteiger partial charge in [0.15, 0.2) is 0 Å². The standard InChI is InChI=1S/C18H34N2O/c1-2-6-16-13-18(14-19,10-12-21-16)20-11-5-8-15-7-3-4-9-17(15)20/h15-17H,2-14,19H2,1H3. The predicted octanol–water partition coefficient (Wildman–Crippen LogP) is 3.32. The summed E-state index contributed by atoms with van der Waals surface area (Å²) in [4.78, 5) is 2.87. The van der Waals surface area contributed by atoms with Crippen molar-refractivity contribution in [2.75, 3.05) is 19.7 Å². The van der Waals surface area contributed by atoms with Crippen LogP contribution in [0.25, 0.3) is 0 Å². The predicted molar refractivity (Wildman–Crippen MR) is 87.4 cm³/mol. The van der Waals surface area contributed by atoms with Crippen molar-refractivity contribution < 1.29 is 4.74 Å². The molecule has 0 aromatic carbocycles. The molecule has 0 radical (unpaired) electrons. The molecule has 1 aliphatic carbocycles. The monoisotopic (exact) mass is 294 g/mol. The van der Waals surface area contributed by atoms with Crippen LogP contribution in [0, 0.1) is 5.92 Å². The molecule has 2 N–H and O–H groups in total. The van der Waals surface area contributed by atoms with Crippen molar-refractivity contribution in [1.82, 2.24) is 4.90 Å². The molecule has 1 saturated carbocycles. The largest absolute Gasteiger partial charge is 0.378 e. The topological polar surface area (TPSA) is 38.5 Å². The van der Waals surface area contributed by atoms with Crippen molar-refractivity contribution >= 4 is 0 Å². The van der Waals surface area contributed by atoms with Crippen LogP contribution in [-0.4, -0.2) is 42.3 Å². The molecular weight excluding hydrogens is 260 g/mol. The van der Waals surface area contributed by atoms with E-state index in [1.54, 1.807) is 0 Å². The van der Waals surface area contributed by atoms with Crippen LogP contribution >= 0.6 is 0 Å². The van der Waals surface area contributed by atoms with E-state index in [9.17, 15) is 0 Å². The lowest BCUT2D eigenvalue weighted by Gasteiger charge is -2.56. The maximum Gasteiger partial charge on any atom is 0.0593 e. The number of ether oxygens (including phenoxy) is 1. The summed E-state index contributed by atoms with van der Waals surface area (Å²) >= 11 is 0. The molecule has 2 saturated heterocycles. The van der Waals surface area contributed by atoms with Crippen molar-refractivity contribution in [2.24, 2.45) is 11.7 Å². The molecule has 3 nitrogen and oxygen atoms in total. The molecular formula is C18H34N2O. The van der Waals surface area contributed by atoms with Gasteiger partial charge in [0, 0.05) is 24.7 Å². The van der Waals surface area contributed by atoms with Crippen LogP contribution in [0.4, 0.5) is 0 Å². The minimum Gasteiger partial charge on any atom is -0.378 e. The van der Waals surface area contributed by atoms with Gasteiger partial charge in [-0.2, -0.15) is 0 Å². The fourth-order valence-corrected chi connectivity index (χ4v) is 5.28. The van der Waals surface area contributed by atoms with Crippen molar-refractivity contribution in [3.63, 3.8) is 0 Å². The maximum absolute atomic E-state index is 6.35. The summed E-state index contributed by atoms with van der Waals surface area (Å²) in [6, 6.07) is 0.816. The number of nitrogens with zero attached hydrogens (tertiary/aromatic N) is 1. The van der Waals surface area contributed by atoms with Crippen LogP contribution in [-0.2, 0) is 4.74 Å². The fourth-order valence-electron chi connectivity index (χ4n) is 5.28. The Balaban J connectivity index is 1.76. The average molecular weight is 294 g/mol. The van der Waals surface area contributed by atoms with E-state index < -0.39 is 0 Å². The third-order valence-corrected chi connectivity index (χ3v) is 6.37. The second-order valence-corrected chi connectivity index (χ2v) is 7.61. The normalized spacial score (nSPS) is 41.7. The molecule has 3 aliphatic rings. The van der Waals surface area contributed by atoms with Gasteiger partial charge in [-0.1, -0.05) is 26.2 Å². The van der Waals surface area contributed by atoms with Crippen LogP contribution in [0.3, 0.4) is 0 Å². The SMILES string of the molecule is CCCC1CC(CN)(N2CCCC3CCCCC32)CCO1. The highest BCUT2D eigenvalue weighted by Gasteiger charge is 2.46. The molecule has 3 heteroatoms. The van der Waals surface area contributed by atoms with Gasteiger partial charge in [0.2, 0.25) is 0 Å². The Hall–Kier alpha value is -0.120. The minimum absolute atomic E-state index is 0.235. The molecule has 122 valence electrons. The molecule has 2 aliphatic heterocycles. The van der Waals surface area contributed by atoms with Crippen LogP contribution in [0.2, 0.25) is 0 Å². The van der Waals surface area contributed by atoms with E-state index >= 15 is 0 Å². The molecule has 4 atom stereocenters. The van der Waals surface area contributed by atoms with E-state index in [0.29, 0.717) is 6.10 Å². The van der Waals surface area contributed by atoms with Crippen molar-refractivity contribution in [3.8, 4) is 0 Å². The van der Waals surface area contributed by atoms with Gasteiger partial charge < -0.3 is 10.5 Å². The Morgan fingerprint density at radius 2 is 2.00 bits per heavy atom. The summed E-state index contributed by atoms with van der Waals surface area (Å²) in [7, 11) is 0. The van der Waals surface area contributed by atoms with Gasteiger partial charge in [-0.25, -0.2) is 0 Å². The molecule has 4 unspecified atom stereocenters. The van der Waals surface area contributed by atoms with E-state index in [1.165, 1.54) is 64.3 Å². The second-order valence-electron chi connectivity index (χ2n) is 7.61. The lowest BCUT2D eigenvalue weighted by Crippen LogP contribution is -2.64. The first-order valence-electron chi connectivity index (χ1n) is 9.37. The van der Waals surface area contributed by atoms with Crippen LogP contribution in [0.1, 0.15) is 71.1 Å². The molecule has 3 fully saturated rings. The molecule has 0 bridgehead atoms. The highest BCUT2D eigenvalue weighted by Crippen LogP contribution is 2.42. The van der Waals surface area contributed by atoms with Gasteiger partial charge in [0.25, 0.3) is 0 Å². The van der Waals surface area contributed by atoms with Gasteiger partial charge in [0.05, 0.1) is 6.10 Å². The zero-order valence-electron chi connectivity index (χ0n) is 13.9. The number of fused-ring (bicyclic) bond motifs is 1. The number of nitrogens with two attached hydrogens (primary N) is 1. The van der Waals surface area contributed by atoms with Crippen LogP contribution in [0.15, 0.2) is 0 Å². The van der Waals surface area contributed by atoms with Crippen molar-refractivity contribution in [1.29, 1.82) is 0 Å². The molecule has 0 aromatic rings. The van der Waals surface area contributed by atoms with Gasteiger partial charge >= 0.3 is 0 Å². The third-order valence-electron chi connectivity index (χ3n) is 6.37. The molecule has 2 heterocycles. The Kier molecular flexibility index (Phi) is 5.23. The van der Waals surface area contributed by atoms with Crippen LogP contribution < -0.4 is 5.73 Å². The fraction of sp³-hybridized carbons (Fsp3) is 1.00. The summed E-state index contributed by atoms with van der Waals surface area (Å²) < 4.78 is 6.02. The number of rotatable bonds is 4. The maximum atomic E-state index is 6.35. The highest BCUT2D eigenvalue weighted by molar-refractivity contribution is 5.02. The molecule has 21 heavy (non-hydrogen) atoms. The Bertz CT molecular complexity index is 331. The summed E-state index contributed by atoms with van der Waals surface area (Å²) in [6.45, 7) is 5.27. The number of likely N-dealkylation sites (tertiary alicyclic amines) is 1. The summed E-state index contributed by atoms with van der Waals surface area (Å²) in [5.74, 6) is 0.948. The summed E-state index contributed by atoms with van der Waals surface area (Å²) in [5, 5.41) is 0. The van der Waals surface area contributed by atoms with E-state index in [0.717, 1.165) is 31.5 Å². The van der Waals surface area contributed by atoms with Gasteiger partial charge in [-0.05, 0) is 57.4 Å². The van der Waals surface area contributed by atoms with E-state index in [-0.39, 0.29) is 5.54 Å². The molecule has 0 aromatic heterocycles. The van der Waals surface area contributed by atoms with Crippen LogP contribution in [0.5, 0.6) is 0 Å². The lowest BCUT2D eigenvalue weighted by atomic mass is 9.73. The van der Waals surface area contributed by atoms with E-state index in [1.807, 2.05) is 0 Å². The minimum atomic E-state index is 0.235. The highest BCUT2D eigenvalue weighted by atomic mass is 16.5. The number of hydrogen-bond donors (Lipinski definition) is 1. The summed E-state index contributed by atoms with van der Waals surface area (Å²) in [5.41, 5.74) is 6.59. The quantitative estimate of drug-likeness (QED) is 0.864. The van der Waals surface area contributed by atoms with Gasteiger partial charge in [-0.3, -0.25) is 4.90 Å². The first-order valence-corrected chi connectivity index (χ1v) is 9.37. The molecule has 0 amide bonds. The van der Waals surface area contributed by atoms with Gasteiger partial charge in [0.1, 0.15) is 0 Å². The van der Waals surface area contributed by atoms with Crippen molar-refractivity contribution in [3.05, 3.63) is 0 Å². The van der Waals surface area contributed by atoms with Crippen molar-refractivity contribution in [2.45, 2.75) is 88.8 Å².